The van der Waals surface area contributed by atoms with E-state index >= 15 is 0 Å². The number of hydrogen-bond donors (Lipinski definition) is 1. The first-order valence-electron chi connectivity index (χ1n) is 8.27. The fraction of sp³-hybridized carbons (Fsp3) is 0.875. The molecule has 21 heavy (non-hydrogen) atoms. The van der Waals surface area contributed by atoms with Gasteiger partial charge < -0.3 is 15.4 Å². The number of hydrogen-bond acceptors (Lipinski definition) is 4. The average molecular weight is 296 g/mol. The SMILES string of the molecule is CCOC(=O)C1CCCN(C(=O)CC2(N)CCCCC2)C1. The number of rotatable bonds is 4. The molecule has 2 fully saturated rings. The Bertz CT molecular complexity index is 378. The minimum Gasteiger partial charge on any atom is -0.466 e. The molecule has 0 bridgehead atoms. The van der Waals surface area contributed by atoms with Crippen LogP contribution in [0.25, 0.3) is 0 Å². The van der Waals surface area contributed by atoms with Crippen molar-refractivity contribution < 1.29 is 14.3 Å². The molecule has 1 aliphatic carbocycles. The van der Waals surface area contributed by atoms with Crippen molar-refractivity contribution in [1.82, 2.24) is 4.90 Å². The first-order chi connectivity index (χ1) is 10.0. The van der Waals surface area contributed by atoms with Gasteiger partial charge in [0.25, 0.3) is 0 Å². The molecule has 2 rings (SSSR count). The Kier molecular flexibility index (Phi) is 5.62. The molecule has 1 saturated heterocycles. The van der Waals surface area contributed by atoms with E-state index in [1.54, 1.807) is 0 Å². The predicted octanol–water partition coefficient (Wildman–Crippen LogP) is 1.84. The first kappa shape index (κ1) is 16.3. The molecule has 1 saturated carbocycles. The molecule has 2 aliphatic rings. The van der Waals surface area contributed by atoms with Gasteiger partial charge in [0.05, 0.1) is 12.5 Å². The summed E-state index contributed by atoms with van der Waals surface area (Å²) in [5.74, 6) is -0.230. The van der Waals surface area contributed by atoms with Crippen molar-refractivity contribution in [2.24, 2.45) is 11.7 Å². The van der Waals surface area contributed by atoms with Gasteiger partial charge in [-0.1, -0.05) is 19.3 Å². The molecule has 1 atom stereocenters. The van der Waals surface area contributed by atoms with Gasteiger partial charge in [-0.3, -0.25) is 9.59 Å². The Morgan fingerprint density at radius 1 is 1.24 bits per heavy atom. The summed E-state index contributed by atoms with van der Waals surface area (Å²) in [6.07, 6.45) is 7.44. The Hall–Kier alpha value is -1.10. The third-order valence-corrected chi connectivity index (χ3v) is 4.75. The summed E-state index contributed by atoms with van der Waals surface area (Å²) in [5.41, 5.74) is 6.04. The molecule has 1 amide bonds. The lowest BCUT2D eigenvalue weighted by Gasteiger charge is -2.37. The molecule has 0 spiro atoms. The summed E-state index contributed by atoms with van der Waals surface area (Å²) in [6.45, 7) is 3.44. The fourth-order valence-electron chi connectivity index (χ4n) is 3.50. The van der Waals surface area contributed by atoms with Crippen molar-refractivity contribution in [2.75, 3.05) is 19.7 Å². The number of likely N-dealkylation sites (tertiary alicyclic amines) is 1. The zero-order valence-electron chi connectivity index (χ0n) is 13.1. The van der Waals surface area contributed by atoms with Crippen molar-refractivity contribution in [1.29, 1.82) is 0 Å². The number of esters is 1. The highest BCUT2D eigenvalue weighted by atomic mass is 16.5. The summed E-state index contributed by atoms with van der Waals surface area (Å²) in [6, 6.07) is 0. The average Bonchev–Trinajstić information content (AvgIpc) is 2.48. The highest BCUT2D eigenvalue weighted by Gasteiger charge is 2.34. The van der Waals surface area contributed by atoms with E-state index in [1.165, 1.54) is 6.42 Å². The van der Waals surface area contributed by atoms with Crippen LogP contribution in [-0.4, -0.2) is 42.0 Å². The zero-order chi connectivity index (χ0) is 15.3. The van der Waals surface area contributed by atoms with Crippen LogP contribution in [0.5, 0.6) is 0 Å². The van der Waals surface area contributed by atoms with Crippen LogP contribution in [0.3, 0.4) is 0 Å². The van der Waals surface area contributed by atoms with Gasteiger partial charge in [-0.2, -0.15) is 0 Å². The maximum atomic E-state index is 12.5. The quantitative estimate of drug-likeness (QED) is 0.803. The third-order valence-electron chi connectivity index (χ3n) is 4.75. The molecule has 5 nitrogen and oxygen atoms in total. The number of ether oxygens (including phenoxy) is 1. The number of carbonyl (C=O) groups is 2. The van der Waals surface area contributed by atoms with Gasteiger partial charge in [0.15, 0.2) is 0 Å². The summed E-state index contributed by atoms with van der Waals surface area (Å²) in [5, 5.41) is 0. The molecule has 1 heterocycles. The van der Waals surface area contributed by atoms with Crippen LogP contribution < -0.4 is 5.73 Å². The second kappa shape index (κ2) is 7.25. The molecule has 2 N–H and O–H groups in total. The van der Waals surface area contributed by atoms with Crippen molar-refractivity contribution in [3.8, 4) is 0 Å². The Labute approximate surface area is 127 Å². The smallest absolute Gasteiger partial charge is 0.310 e. The number of nitrogens with two attached hydrogens (primary N) is 1. The van der Waals surface area contributed by atoms with Crippen LogP contribution in [0, 0.1) is 5.92 Å². The molecule has 5 heteroatoms. The van der Waals surface area contributed by atoms with Gasteiger partial charge in [-0.25, -0.2) is 0 Å². The molecule has 120 valence electrons. The van der Waals surface area contributed by atoms with Crippen LogP contribution >= 0.6 is 0 Å². The normalized spacial score (nSPS) is 25.4. The third kappa shape index (κ3) is 4.43. The van der Waals surface area contributed by atoms with E-state index in [0.717, 1.165) is 45.1 Å². The Balaban J connectivity index is 1.88. The van der Waals surface area contributed by atoms with Crippen molar-refractivity contribution >= 4 is 11.9 Å². The first-order valence-corrected chi connectivity index (χ1v) is 8.27. The van der Waals surface area contributed by atoms with Crippen LogP contribution in [-0.2, 0) is 14.3 Å². The molecule has 1 aliphatic heterocycles. The van der Waals surface area contributed by atoms with E-state index in [9.17, 15) is 9.59 Å². The topological polar surface area (TPSA) is 72.6 Å². The number of nitrogens with zero attached hydrogens (tertiary/aromatic N) is 1. The summed E-state index contributed by atoms with van der Waals surface area (Å²) < 4.78 is 5.08. The van der Waals surface area contributed by atoms with E-state index in [4.69, 9.17) is 10.5 Å². The maximum Gasteiger partial charge on any atom is 0.310 e. The van der Waals surface area contributed by atoms with Gasteiger partial charge in [-0.15, -0.1) is 0 Å². The number of amides is 1. The Morgan fingerprint density at radius 3 is 2.62 bits per heavy atom. The van der Waals surface area contributed by atoms with Gasteiger partial charge in [0.1, 0.15) is 0 Å². The summed E-state index contributed by atoms with van der Waals surface area (Å²) in [7, 11) is 0. The van der Waals surface area contributed by atoms with Crippen molar-refractivity contribution in [3.05, 3.63) is 0 Å². The minimum absolute atomic E-state index is 0.105. The predicted molar refractivity (Wildman–Crippen MR) is 80.6 cm³/mol. The second-order valence-electron chi connectivity index (χ2n) is 6.53. The van der Waals surface area contributed by atoms with Gasteiger partial charge in [0.2, 0.25) is 5.91 Å². The van der Waals surface area contributed by atoms with E-state index in [2.05, 4.69) is 0 Å². The number of carbonyl (C=O) groups excluding carboxylic acids is 2. The molecule has 0 aromatic carbocycles. The summed E-state index contributed by atoms with van der Waals surface area (Å²) in [4.78, 5) is 26.1. The maximum absolute atomic E-state index is 12.5. The zero-order valence-corrected chi connectivity index (χ0v) is 13.1. The lowest BCUT2D eigenvalue weighted by atomic mass is 9.79. The number of piperidine rings is 1. The van der Waals surface area contributed by atoms with E-state index in [0.29, 0.717) is 19.6 Å². The molecular formula is C16H28N2O3. The van der Waals surface area contributed by atoms with Crippen LogP contribution in [0.1, 0.15) is 58.3 Å². The fourth-order valence-corrected chi connectivity index (χ4v) is 3.50. The molecule has 1 unspecified atom stereocenters. The van der Waals surface area contributed by atoms with E-state index < -0.39 is 0 Å². The van der Waals surface area contributed by atoms with E-state index in [-0.39, 0.29) is 23.3 Å². The summed E-state index contributed by atoms with van der Waals surface area (Å²) >= 11 is 0. The standard InChI is InChI=1S/C16H28N2O3/c1-2-21-15(20)13-7-6-10-18(12-13)14(19)11-16(17)8-4-3-5-9-16/h13H,2-12,17H2,1H3. The Morgan fingerprint density at radius 2 is 1.95 bits per heavy atom. The van der Waals surface area contributed by atoms with Crippen LogP contribution in [0.2, 0.25) is 0 Å². The molecule has 0 aromatic heterocycles. The van der Waals surface area contributed by atoms with E-state index in [1.807, 2.05) is 11.8 Å². The second-order valence-corrected chi connectivity index (χ2v) is 6.53. The monoisotopic (exact) mass is 296 g/mol. The molecular weight excluding hydrogens is 268 g/mol. The highest BCUT2D eigenvalue weighted by molar-refractivity contribution is 5.79. The van der Waals surface area contributed by atoms with Crippen LogP contribution in [0.4, 0.5) is 0 Å². The van der Waals surface area contributed by atoms with Gasteiger partial charge in [0, 0.05) is 25.0 Å². The lowest BCUT2D eigenvalue weighted by Crippen LogP contribution is -2.49. The molecule has 0 radical (unpaired) electrons. The lowest BCUT2D eigenvalue weighted by molar-refractivity contribution is -0.151. The largest absolute Gasteiger partial charge is 0.466 e. The minimum atomic E-state index is -0.327. The van der Waals surface area contributed by atoms with Crippen molar-refractivity contribution in [2.45, 2.75) is 63.8 Å². The highest BCUT2D eigenvalue weighted by Crippen LogP contribution is 2.30. The molecule has 0 aromatic rings. The van der Waals surface area contributed by atoms with Gasteiger partial charge in [-0.05, 0) is 32.6 Å². The van der Waals surface area contributed by atoms with Gasteiger partial charge >= 0.3 is 5.97 Å². The van der Waals surface area contributed by atoms with Crippen molar-refractivity contribution in [3.63, 3.8) is 0 Å². The van der Waals surface area contributed by atoms with Crippen LogP contribution in [0.15, 0.2) is 0 Å².